The third-order valence-corrected chi connectivity index (χ3v) is 13.4. The maximum atomic E-state index is 12.0. The van der Waals surface area contributed by atoms with Crippen molar-refractivity contribution in [2.75, 3.05) is 0 Å². The molecule has 0 aromatic rings. The highest BCUT2D eigenvalue weighted by Gasteiger charge is 2.71. The molecule has 0 aliphatic heterocycles. The van der Waals surface area contributed by atoms with E-state index in [2.05, 4.69) is 61.5 Å². The van der Waals surface area contributed by atoms with E-state index in [0.717, 1.165) is 18.8 Å². The lowest BCUT2D eigenvalue weighted by Gasteiger charge is -2.72. The number of rotatable bonds is 0. The first-order valence-electron chi connectivity index (χ1n) is 13.9. The highest BCUT2D eigenvalue weighted by molar-refractivity contribution is 5.36. The van der Waals surface area contributed by atoms with E-state index in [1.54, 1.807) is 5.57 Å². The van der Waals surface area contributed by atoms with E-state index in [4.69, 9.17) is 0 Å². The summed E-state index contributed by atoms with van der Waals surface area (Å²) in [4.78, 5) is 0. The number of hydrogen-bond donors (Lipinski definition) is 3. The van der Waals surface area contributed by atoms with Crippen molar-refractivity contribution in [1.29, 1.82) is 0 Å². The van der Waals surface area contributed by atoms with E-state index in [1.165, 1.54) is 25.7 Å². The molecular weight excluding hydrogens is 408 g/mol. The zero-order chi connectivity index (χ0) is 24.4. The SMILES string of the molecule is CC1CCC2(C)CCC3(C)C(=CC(O)C4C5(C)C(O)CC(O)C(C)(C)C5CCC43C)C2C1C. The van der Waals surface area contributed by atoms with E-state index in [-0.39, 0.29) is 28.1 Å². The Bertz CT molecular complexity index is 847. The van der Waals surface area contributed by atoms with Crippen LogP contribution in [0, 0.1) is 56.7 Å². The molecule has 0 spiro atoms. The third-order valence-electron chi connectivity index (χ3n) is 13.4. The molecule has 3 N–H and O–H groups in total. The van der Waals surface area contributed by atoms with E-state index in [0.29, 0.717) is 23.7 Å². The lowest BCUT2D eigenvalue weighted by Crippen LogP contribution is -2.70. The molecule has 0 amide bonds. The van der Waals surface area contributed by atoms with Crippen molar-refractivity contribution in [3.8, 4) is 0 Å². The Morgan fingerprint density at radius 1 is 0.818 bits per heavy atom. The first-order valence-corrected chi connectivity index (χ1v) is 13.9. The molecule has 12 unspecified atom stereocenters. The summed E-state index contributed by atoms with van der Waals surface area (Å²) in [7, 11) is 0. The molecule has 4 fully saturated rings. The minimum Gasteiger partial charge on any atom is -0.392 e. The average molecular weight is 459 g/mol. The fourth-order valence-corrected chi connectivity index (χ4v) is 10.9. The Hall–Kier alpha value is -0.380. The Labute approximate surface area is 202 Å². The van der Waals surface area contributed by atoms with Crippen LogP contribution in [0.5, 0.6) is 0 Å². The van der Waals surface area contributed by atoms with Crippen LogP contribution in [0.1, 0.15) is 100 Å². The summed E-state index contributed by atoms with van der Waals surface area (Å²) in [5.74, 6) is 2.14. The molecule has 0 saturated heterocycles. The van der Waals surface area contributed by atoms with Crippen molar-refractivity contribution in [2.24, 2.45) is 56.7 Å². The van der Waals surface area contributed by atoms with Gasteiger partial charge in [-0.25, -0.2) is 0 Å². The van der Waals surface area contributed by atoms with Gasteiger partial charge in [0.25, 0.3) is 0 Å². The molecule has 0 bridgehead atoms. The predicted molar refractivity (Wildman–Crippen MR) is 133 cm³/mol. The second kappa shape index (κ2) is 7.10. The molecule has 3 heteroatoms. The molecule has 5 rings (SSSR count). The molecule has 4 saturated carbocycles. The summed E-state index contributed by atoms with van der Waals surface area (Å²) in [6.45, 7) is 19.0. The third kappa shape index (κ3) is 2.80. The van der Waals surface area contributed by atoms with Crippen molar-refractivity contribution in [3.63, 3.8) is 0 Å². The topological polar surface area (TPSA) is 60.7 Å². The molecular formula is C30H50O3. The molecule has 188 valence electrons. The summed E-state index contributed by atoms with van der Waals surface area (Å²) in [6.07, 6.45) is 8.29. The number of aliphatic hydroxyl groups excluding tert-OH is 3. The predicted octanol–water partition coefficient (Wildman–Crippen LogP) is 5.97. The van der Waals surface area contributed by atoms with Gasteiger partial charge in [-0.3, -0.25) is 0 Å². The summed E-state index contributed by atoms with van der Waals surface area (Å²) >= 11 is 0. The fraction of sp³-hybridized carbons (Fsp3) is 0.933. The summed E-state index contributed by atoms with van der Waals surface area (Å²) < 4.78 is 0. The summed E-state index contributed by atoms with van der Waals surface area (Å²) in [5.41, 5.74) is 1.25. The lowest BCUT2D eigenvalue weighted by molar-refractivity contribution is -0.260. The number of allylic oxidation sites excluding steroid dienone is 1. The molecule has 0 aromatic carbocycles. The van der Waals surface area contributed by atoms with Crippen molar-refractivity contribution in [2.45, 2.75) is 119 Å². The average Bonchev–Trinajstić information content (AvgIpc) is 2.71. The van der Waals surface area contributed by atoms with Crippen LogP contribution >= 0.6 is 0 Å². The lowest BCUT2D eigenvalue weighted by atomic mass is 9.32. The van der Waals surface area contributed by atoms with Crippen LogP contribution in [0.4, 0.5) is 0 Å². The molecule has 0 heterocycles. The second-order valence-corrected chi connectivity index (χ2v) is 14.9. The molecule has 0 radical (unpaired) electrons. The maximum Gasteiger partial charge on any atom is 0.0763 e. The number of fused-ring (bicyclic) bond motifs is 7. The second-order valence-electron chi connectivity index (χ2n) is 14.9. The minimum atomic E-state index is -0.578. The van der Waals surface area contributed by atoms with Crippen molar-refractivity contribution in [1.82, 2.24) is 0 Å². The Morgan fingerprint density at radius 3 is 2.15 bits per heavy atom. The van der Waals surface area contributed by atoms with E-state index in [9.17, 15) is 15.3 Å². The highest BCUT2D eigenvalue weighted by Crippen LogP contribution is 2.75. The van der Waals surface area contributed by atoms with Crippen LogP contribution < -0.4 is 0 Å². The van der Waals surface area contributed by atoms with Crippen molar-refractivity contribution >= 4 is 0 Å². The number of hydrogen-bond acceptors (Lipinski definition) is 3. The minimum absolute atomic E-state index is 0.0138. The largest absolute Gasteiger partial charge is 0.392 e. The van der Waals surface area contributed by atoms with Gasteiger partial charge in [-0.2, -0.15) is 0 Å². The molecule has 5 aliphatic rings. The Morgan fingerprint density at radius 2 is 1.48 bits per heavy atom. The quantitative estimate of drug-likeness (QED) is 0.392. The first kappa shape index (κ1) is 24.3. The van der Waals surface area contributed by atoms with Gasteiger partial charge in [0.2, 0.25) is 0 Å². The molecule has 0 aromatic heterocycles. The summed E-state index contributed by atoms with van der Waals surface area (Å²) in [6, 6.07) is 0. The van der Waals surface area contributed by atoms with E-state index < -0.39 is 23.7 Å². The highest BCUT2D eigenvalue weighted by atomic mass is 16.3. The van der Waals surface area contributed by atoms with Gasteiger partial charge < -0.3 is 15.3 Å². The first-order chi connectivity index (χ1) is 15.1. The van der Waals surface area contributed by atoms with Gasteiger partial charge in [0, 0.05) is 17.8 Å². The van der Waals surface area contributed by atoms with Crippen LogP contribution in [0.15, 0.2) is 11.6 Å². The summed E-state index contributed by atoms with van der Waals surface area (Å²) in [5, 5.41) is 34.4. The van der Waals surface area contributed by atoms with Gasteiger partial charge in [0.15, 0.2) is 0 Å². The molecule has 3 nitrogen and oxygen atoms in total. The molecule has 33 heavy (non-hydrogen) atoms. The fourth-order valence-electron chi connectivity index (χ4n) is 10.9. The van der Waals surface area contributed by atoms with Crippen LogP contribution in [0.3, 0.4) is 0 Å². The van der Waals surface area contributed by atoms with Gasteiger partial charge in [-0.15, -0.1) is 0 Å². The van der Waals surface area contributed by atoms with Crippen LogP contribution in [-0.2, 0) is 0 Å². The van der Waals surface area contributed by atoms with Crippen molar-refractivity contribution in [3.05, 3.63) is 11.6 Å². The normalized spacial score (nSPS) is 60.0. The molecule has 5 aliphatic carbocycles. The maximum absolute atomic E-state index is 12.0. The Balaban J connectivity index is 1.66. The van der Waals surface area contributed by atoms with Crippen molar-refractivity contribution < 1.29 is 15.3 Å². The van der Waals surface area contributed by atoms with Gasteiger partial charge in [0.1, 0.15) is 0 Å². The smallest absolute Gasteiger partial charge is 0.0763 e. The zero-order valence-electron chi connectivity index (χ0n) is 22.5. The van der Waals surface area contributed by atoms with Gasteiger partial charge in [-0.1, -0.05) is 67.0 Å². The van der Waals surface area contributed by atoms with Gasteiger partial charge in [-0.05, 0) is 83.9 Å². The van der Waals surface area contributed by atoms with Crippen LogP contribution in [0.2, 0.25) is 0 Å². The van der Waals surface area contributed by atoms with Crippen LogP contribution in [-0.4, -0.2) is 33.6 Å². The standard InChI is InChI=1S/C30H50O3/c1-17-9-11-27(5)13-14-28(6)19(24(27)18(17)2)15-20(31)25-29(28,7)12-10-21-26(3,4)22(32)16-23(33)30(21,25)8/h15,17-18,20-25,31-33H,9-14,16H2,1-8H3. The van der Waals surface area contributed by atoms with E-state index >= 15 is 0 Å². The molecule has 12 atom stereocenters. The number of aliphatic hydroxyl groups is 3. The monoisotopic (exact) mass is 458 g/mol. The van der Waals surface area contributed by atoms with Gasteiger partial charge >= 0.3 is 0 Å². The van der Waals surface area contributed by atoms with Crippen LogP contribution in [0.25, 0.3) is 0 Å². The Kier molecular flexibility index (Phi) is 5.23. The van der Waals surface area contributed by atoms with E-state index in [1.807, 2.05) is 0 Å². The zero-order valence-corrected chi connectivity index (χ0v) is 22.5. The van der Waals surface area contributed by atoms with Gasteiger partial charge in [0.05, 0.1) is 18.3 Å².